The van der Waals surface area contributed by atoms with Crippen LogP contribution in [0.2, 0.25) is 0 Å². The molecule has 6 nitrogen and oxygen atoms in total. The molecule has 27 heavy (non-hydrogen) atoms. The molecule has 3 aromatic rings. The number of aryl methyl sites for hydroxylation is 1. The Morgan fingerprint density at radius 1 is 1.07 bits per heavy atom. The fourth-order valence-electron chi connectivity index (χ4n) is 2.75. The minimum absolute atomic E-state index is 0.0735. The van der Waals surface area contributed by atoms with Gasteiger partial charge in [-0.3, -0.25) is 4.79 Å². The van der Waals surface area contributed by atoms with Gasteiger partial charge in [-0.2, -0.15) is 0 Å². The average molecular weight is 366 g/mol. The third kappa shape index (κ3) is 5.31. The van der Waals surface area contributed by atoms with Gasteiger partial charge in [0.25, 0.3) is 5.91 Å². The van der Waals surface area contributed by atoms with E-state index in [9.17, 15) is 4.79 Å². The van der Waals surface area contributed by atoms with Crippen molar-refractivity contribution in [3.63, 3.8) is 0 Å². The van der Waals surface area contributed by atoms with Crippen LogP contribution in [0.25, 0.3) is 5.65 Å². The number of benzene rings is 1. The van der Waals surface area contributed by atoms with Crippen LogP contribution in [0.3, 0.4) is 0 Å². The number of aromatic nitrogens is 2. The van der Waals surface area contributed by atoms with Crippen molar-refractivity contribution in [1.29, 1.82) is 0 Å². The van der Waals surface area contributed by atoms with Gasteiger partial charge in [-0.1, -0.05) is 13.0 Å². The number of pyridine rings is 1. The maximum Gasteiger partial charge on any atom is 0.251 e. The number of nitrogens with zero attached hydrogens (tertiary/aromatic N) is 2. The molecule has 2 heterocycles. The Morgan fingerprint density at radius 3 is 2.67 bits per heavy atom. The molecular formula is C21H26N4O2. The monoisotopic (exact) mass is 366 g/mol. The summed E-state index contributed by atoms with van der Waals surface area (Å²) in [7, 11) is 0. The van der Waals surface area contributed by atoms with Crippen LogP contribution in [0.1, 0.15) is 35.0 Å². The lowest BCUT2D eigenvalue weighted by Crippen LogP contribution is -2.32. The molecule has 2 N–H and O–H groups in total. The van der Waals surface area contributed by atoms with E-state index in [4.69, 9.17) is 4.74 Å². The number of imidazole rings is 1. The van der Waals surface area contributed by atoms with E-state index >= 15 is 0 Å². The van der Waals surface area contributed by atoms with Crippen LogP contribution in [-0.4, -0.2) is 34.9 Å². The molecule has 0 saturated heterocycles. The Balaban J connectivity index is 1.50. The molecule has 2 aromatic heterocycles. The minimum Gasteiger partial charge on any atom is -0.487 e. The first-order valence-corrected chi connectivity index (χ1v) is 9.31. The van der Waals surface area contributed by atoms with Gasteiger partial charge in [-0.15, -0.1) is 0 Å². The number of carbonyl (C=O) groups is 1. The van der Waals surface area contributed by atoms with Crippen LogP contribution in [0, 0.1) is 6.92 Å². The summed E-state index contributed by atoms with van der Waals surface area (Å²) in [5, 5.41) is 6.15. The first-order valence-electron chi connectivity index (χ1n) is 9.31. The van der Waals surface area contributed by atoms with Crippen molar-refractivity contribution in [3.8, 4) is 5.75 Å². The van der Waals surface area contributed by atoms with Gasteiger partial charge in [0.2, 0.25) is 0 Å². The molecule has 142 valence electrons. The summed E-state index contributed by atoms with van der Waals surface area (Å²) in [5.74, 6) is 0.639. The predicted octanol–water partition coefficient (Wildman–Crippen LogP) is 2.95. The summed E-state index contributed by atoms with van der Waals surface area (Å²) in [6.45, 7) is 6.91. The van der Waals surface area contributed by atoms with Gasteiger partial charge < -0.3 is 19.8 Å². The topological polar surface area (TPSA) is 67.7 Å². The van der Waals surface area contributed by atoms with Gasteiger partial charge in [0, 0.05) is 31.0 Å². The molecule has 0 unspecified atom stereocenters. The predicted molar refractivity (Wildman–Crippen MR) is 106 cm³/mol. The van der Waals surface area contributed by atoms with E-state index in [-0.39, 0.29) is 5.91 Å². The van der Waals surface area contributed by atoms with Crippen molar-refractivity contribution in [2.45, 2.75) is 26.9 Å². The lowest BCUT2D eigenvalue weighted by molar-refractivity contribution is 0.0954. The van der Waals surface area contributed by atoms with Crippen LogP contribution < -0.4 is 15.4 Å². The van der Waals surface area contributed by atoms with E-state index < -0.39 is 0 Å². The van der Waals surface area contributed by atoms with Crippen molar-refractivity contribution in [3.05, 3.63) is 65.6 Å². The van der Waals surface area contributed by atoms with Crippen LogP contribution in [0.4, 0.5) is 0 Å². The molecule has 0 saturated carbocycles. The Morgan fingerprint density at radius 2 is 1.89 bits per heavy atom. The van der Waals surface area contributed by atoms with Crippen molar-refractivity contribution in [1.82, 2.24) is 20.0 Å². The molecule has 0 fully saturated rings. The molecule has 3 rings (SSSR count). The van der Waals surface area contributed by atoms with Crippen molar-refractivity contribution in [2.24, 2.45) is 0 Å². The van der Waals surface area contributed by atoms with Gasteiger partial charge in [0.1, 0.15) is 18.0 Å². The average Bonchev–Trinajstić information content (AvgIpc) is 3.08. The van der Waals surface area contributed by atoms with Crippen molar-refractivity contribution < 1.29 is 9.53 Å². The Hall–Kier alpha value is -2.86. The number of carbonyl (C=O) groups excluding carboxylic acids is 1. The summed E-state index contributed by atoms with van der Waals surface area (Å²) in [6, 6.07) is 11.2. The number of nitrogens with one attached hydrogen (secondary N) is 2. The van der Waals surface area contributed by atoms with Crippen LogP contribution in [0.5, 0.6) is 5.75 Å². The molecule has 0 atom stereocenters. The summed E-state index contributed by atoms with van der Waals surface area (Å²) in [5.41, 5.74) is 3.57. The van der Waals surface area contributed by atoms with Gasteiger partial charge in [-0.25, -0.2) is 4.98 Å². The third-order valence-corrected chi connectivity index (χ3v) is 4.17. The van der Waals surface area contributed by atoms with E-state index in [0.717, 1.165) is 30.9 Å². The zero-order valence-electron chi connectivity index (χ0n) is 15.9. The first kappa shape index (κ1) is 18.9. The van der Waals surface area contributed by atoms with Crippen molar-refractivity contribution in [2.75, 3.05) is 19.6 Å². The van der Waals surface area contributed by atoms with Gasteiger partial charge >= 0.3 is 0 Å². The first-order chi connectivity index (χ1) is 13.2. The van der Waals surface area contributed by atoms with E-state index in [1.165, 1.54) is 5.56 Å². The lowest BCUT2D eigenvalue weighted by Gasteiger charge is -2.08. The highest BCUT2D eigenvalue weighted by Crippen LogP contribution is 2.15. The van der Waals surface area contributed by atoms with E-state index in [1.807, 2.05) is 41.1 Å². The van der Waals surface area contributed by atoms with Crippen LogP contribution in [0.15, 0.2) is 48.8 Å². The minimum atomic E-state index is -0.0735. The van der Waals surface area contributed by atoms with Gasteiger partial charge in [-0.05, 0) is 55.8 Å². The van der Waals surface area contributed by atoms with E-state index in [2.05, 4.69) is 29.5 Å². The highest BCUT2D eigenvalue weighted by atomic mass is 16.5. The summed E-state index contributed by atoms with van der Waals surface area (Å²) >= 11 is 0. The van der Waals surface area contributed by atoms with E-state index in [0.29, 0.717) is 24.5 Å². The normalized spacial score (nSPS) is 10.9. The Labute approximate surface area is 159 Å². The molecule has 0 aliphatic heterocycles. The molecular weight excluding hydrogens is 340 g/mol. The number of rotatable bonds is 9. The van der Waals surface area contributed by atoms with E-state index in [1.54, 1.807) is 12.1 Å². The maximum absolute atomic E-state index is 12.1. The highest BCUT2D eigenvalue weighted by Gasteiger charge is 2.06. The smallest absolute Gasteiger partial charge is 0.251 e. The standard InChI is InChI=1S/C21H26N4O2/c1-3-10-22-11-12-23-21(26)17-5-7-19(8-6-17)27-15-18-14-25-13-16(2)4-9-20(25)24-18/h4-9,13-14,22H,3,10-12,15H2,1-2H3,(H,23,26). The molecule has 0 spiro atoms. The zero-order chi connectivity index (χ0) is 19.1. The Bertz CT molecular complexity index is 887. The van der Waals surface area contributed by atoms with Crippen LogP contribution >= 0.6 is 0 Å². The summed E-state index contributed by atoms with van der Waals surface area (Å²) in [4.78, 5) is 16.6. The third-order valence-electron chi connectivity index (χ3n) is 4.17. The molecule has 6 heteroatoms. The molecule has 0 radical (unpaired) electrons. The van der Waals surface area contributed by atoms with Crippen molar-refractivity contribution >= 4 is 11.6 Å². The van der Waals surface area contributed by atoms with Gasteiger partial charge in [0.05, 0.1) is 5.69 Å². The number of hydrogen-bond acceptors (Lipinski definition) is 4. The number of hydrogen-bond donors (Lipinski definition) is 2. The SMILES string of the molecule is CCCNCCNC(=O)c1ccc(OCc2cn3cc(C)ccc3n2)cc1. The number of amides is 1. The number of ether oxygens (including phenoxy) is 1. The second-order valence-corrected chi connectivity index (χ2v) is 6.52. The highest BCUT2D eigenvalue weighted by molar-refractivity contribution is 5.94. The zero-order valence-corrected chi connectivity index (χ0v) is 15.9. The van der Waals surface area contributed by atoms with Gasteiger partial charge in [0.15, 0.2) is 0 Å². The lowest BCUT2D eigenvalue weighted by atomic mass is 10.2. The molecule has 1 amide bonds. The largest absolute Gasteiger partial charge is 0.487 e. The maximum atomic E-state index is 12.1. The Kier molecular flexibility index (Phi) is 6.44. The second kappa shape index (κ2) is 9.19. The fraction of sp³-hybridized carbons (Fsp3) is 0.333. The summed E-state index contributed by atoms with van der Waals surface area (Å²) in [6.07, 6.45) is 5.09. The second-order valence-electron chi connectivity index (χ2n) is 6.52. The number of fused-ring (bicyclic) bond motifs is 1. The molecule has 0 bridgehead atoms. The quantitative estimate of drug-likeness (QED) is 0.572. The fourth-order valence-corrected chi connectivity index (χ4v) is 2.75. The molecule has 1 aromatic carbocycles. The molecule has 0 aliphatic carbocycles. The van der Waals surface area contributed by atoms with Crippen LogP contribution in [-0.2, 0) is 6.61 Å². The summed E-state index contributed by atoms with van der Waals surface area (Å²) < 4.78 is 7.79. The molecule has 0 aliphatic rings.